The lowest BCUT2D eigenvalue weighted by Gasteiger charge is -1.95. The van der Waals surface area contributed by atoms with Crippen LogP contribution in [0.1, 0.15) is 33.5 Å². The standard InChI is InChI=1S/C12H14N2OS/c1-3-6-14-8-10(7-13-14)12(15)11-5-4-9(2)16-11/h4-5,7-8H,3,6H2,1-2H3. The molecule has 0 saturated heterocycles. The molecule has 0 unspecified atom stereocenters. The minimum Gasteiger partial charge on any atom is -0.288 e. The van der Waals surface area contributed by atoms with E-state index < -0.39 is 0 Å². The number of aryl methyl sites for hydroxylation is 2. The molecule has 0 bridgehead atoms. The van der Waals surface area contributed by atoms with Gasteiger partial charge in [-0.1, -0.05) is 6.92 Å². The number of nitrogens with zero attached hydrogens (tertiary/aromatic N) is 2. The Morgan fingerprint density at radius 2 is 2.31 bits per heavy atom. The third-order valence-corrected chi connectivity index (χ3v) is 3.31. The predicted octanol–water partition coefficient (Wildman–Crippen LogP) is 2.89. The molecule has 2 rings (SSSR count). The van der Waals surface area contributed by atoms with E-state index in [4.69, 9.17) is 0 Å². The van der Waals surface area contributed by atoms with E-state index in [9.17, 15) is 4.79 Å². The van der Waals surface area contributed by atoms with Crippen molar-refractivity contribution in [2.45, 2.75) is 26.8 Å². The van der Waals surface area contributed by atoms with Gasteiger partial charge in [-0.15, -0.1) is 11.3 Å². The lowest BCUT2D eigenvalue weighted by molar-refractivity contribution is 0.104. The van der Waals surface area contributed by atoms with Crippen molar-refractivity contribution in [2.24, 2.45) is 0 Å². The fraction of sp³-hybridized carbons (Fsp3) is 0.333. The summed E-state index contributed by atoms with van der Waals surface area (Å²) in [6, 6.07) is 3.84. The Kier molecular flexibility index (Phi) is 3.19. The molecule has 0 fully saturated rings. The molecule has 0 amide bonds. The van der Waals surface area contributed by atoms with E-state index in [1.807, 2.05) is 29.9 Å². The third kappa shape index (κ3) is 2.22. The molecule has 0 radical (unpaired) electrons. The molecule has 2 heterocycles. The Labute approximate surface area is 98.7 Å². The predicted molar refractivity (Wildman–Crippen MR) is 65.0 cm³/mol. The van der Waals surface area contributed by atoms with E-state index in [2.05, 4.69) is 12.0 Å². The number of rotatable bonds is 4. The number of hydrogen-bond acceptors (Lipinski definition) is 3. The van der Waals surface area contributed by atoms with Gasteiger partial charge in [0.25, 0.3) is 0 Å². The summed E-state index contributed by atoms with van der Waals surface area (Å²) in [7, 11) is 0. The number of ketones is 1. The molecule has 0 aromatic carbocycles. The van der Waals surface area contributed by atoms with Gasteiger partial charge in [0.1, 0.15) is 0 Å². The Morgan fingerprint density at radius 3 is 2.94 bits per heavy atom. The zero-order valence-corrected chi connectivity index (χ0v) is 10.3. The molecule has 0 N–H and O–H groups in total. The van der Waals surface area contributed by atoms with Crippen LogP contribution < -0.4 is 0 Å². The monoisotopic (exact) mass is 234 g/mol. The molecule has 2 aromatic rings. The highest BCUT2D eigenvalue weighted by Gasteiger charge is 2.12. The van der Waals surface area contributed by atoms with Crippen molar-refractivity contribution in [2.75, 3.05) is 0 Å². The van der Waals surface area contributed by atoms with Crippen LogP contribution in [0.15, 0.2) is 24.5 Å². The van der Waals surface area contributed by atoms with Crippen LogP contribution >= 0.6 is 11.3 Å². The summed E-state index contributed by atoms with van der Waals surface area (Å²) in [5.74, 6) is 0.0699. The summed E-state index contributed by atoms with van der Waals surface area (Å²) in [6.45, 7) is 4.95. The minimum absolute atomic E-state index is 0.0699. The first-order valence-electron chi connectivity index (χ1n) is 5.34. The van der Waals surface area contributed by atoms with E-state index in [1.165, 1.54) is 11.3 Å². The fourth-order valence-corrected chi connectivity index (χ4v) is 2.36. The molecule has 84 valence electrons. The highest BCUT2D eigenvalue weighted by molar-refractivity contribution is 7.14. The van der Waals surface area contributed by atoms with E-state index in [1.54, 1.807) is 6.20 Å². The van der Waals surface area contributed by atoms with E-state index in [-0.39, 0.29) is 5.78 Å². The fourth-order valence-electron chi connectivity index (χ4n) is 1.53. The van der Waals surface area contributed by atoms with Crippen LogP contribution in [-0.2, 0) is 6.54 Å². The number of aromatic nitrogens is 2. The highest BCUT2D eigenvalue weighted by Crippen LogP contribution is 2.18. The maximum Gasteiger partial charge on any atom is 0.206 e. The summed E-state index contributed by atoms with van der Waals surface area (Å²) in [6.07, 6.45) is 4.49. The zero-order chi connectivity index (χ0) is 11.5. The maximum absolute atomic E-state index is 12.0. The van der Waals surface area contributed by atoms with Crippen LogP contribution in [0.2, 0.25) is 0 Å². The van der Waals surface area contributed by atoms with Gasteiger partial charge in [0.15, 0.2) is 0 Å². The Hall–Kier alpha value is -1.42. The van der Waals surface area contributed by atoms with Gasteiger partial charge in [0, 0.05) is 17.6 Å². The van der Waals surface area contributed by atoms with Crippen molar-refractivity contribution in [1.29, 1.82) is 0 Å². The van der Waals surface area contributed by atoms with Crippen molar-refractivity contribution >= 4 is 17.1 Å². The van der Waals surface area contributed by atoms with E-state index in [0.717, 1.165) is 22.7 Å². The second-order valence-corrected chi connectivity index (χ2v) is 5.02. The molecular weight excluding hydrogens is 220 g/mol. The van der Waals surface area contributed by atoms with E-state index in [0.29, 0.717) is 5.56 Å². The molecule has 0 atom stereocenters. The van der Waals surface area contributed by atoms with Crippen LogP contribution in [0.5, 0.6) is 0 Å². The van der Waals surface area contributed by atoms with Crippen LogP contribution in [0.4, 0.5) is 0 Å². The molecule has 3 nitrogen and oxygen atoms in total. The van der Waals surface area contributed by atoms with Gasteiger partial charge in [-0.3, -0.25) is 9.48 Å². The normalized spacial score (nSPS) is 10.6. The average molecular weight is 234 g/mol. The van der Waals surface area contributed by atoms with Gasteiger partial charge in [-0.05, 0) is 25.5 Å². The first kappa shape index (κ1) is 11.1. The van der Waals surface area contributed by atoms with Crippen molar-refractivity contribution in [3.05, 3.63) is 39.8 Å². The number of thiophene rings is 1. The first-order chi connectivity index (χ1) is 7.70. The molecule has 2 aromatic heterocycles. The molecule has 0 aliphatic carbocycles. The van der Waals surface area contributed by atoms with Crippen LogP contribution in [-0.4, -0.2) is 15.6 Å². The Bertz CT molecular complexity index is 499. The summed E-state index contributed by atoms with van der Waals surface area (Å²) in [4.78, 5) is 14.0. The number of hydrogen-bond donors (Lipinski definition) is 0. The van der Waals surface area contributed by atoms with Crippen LogP contribution in [0.25, 0.3) is 0 Å². The lowest BCUT2D eigenvalue weighted by Crippen LogP contribution is -1.98. The second kappa shape index (κ2) is 4.61. The largest absolute Gasteiger partial charge is 0.288 e. The molecule has 0 aliphatic heterocycles. The van der Waals surface area contributed by atoms with Crippen molar-refractivity contribution in [3.63, 3.8) is 0 Å². The quantitative estimate of drug-likeness (QED) is 0.762. The summed E-state index contributed by atoms with van der Waals surface area (Å²) >= 11 is 1.53. The smallest absolute Gasteiger partial charge is 0.206 e. The molecule has 0 saturated carbocycles. The average Bonchev–Trinajstić information content (AvgIpc) is 2.87. The SMILES string of the molecule is CCCn1cc(C(=O)c2ccc(C)s2)cn1. The van der Waals surface area contributed by atoms with Crippen LogP contribution in [0.3, 0.4) is 0 Å². The summed E-state index contributed by atoms with van der Waals surface area (Å²) in [5.41, 5.74) is 0.676. The van der Waals surface area contributed by atoms with Gasteiger partial charge in [0.2, 0.25) is 5.78 Å². The summed E-state index contributed by atoms with van der Waals surface area (Å²) < 4.78 is 1.81. The zero-order valence-electron chi connectivity index (χ0n) is 9.43. The maximum atomic E-state index is 12.0. The van der Waals surface area contributed by atoms with Gasteiger partial charge < -0.3 is 0 Å². The molecule has 0 aliphatic rings. The van der Waals surface area contributed by atoms with Gasteiger partial charge in [-0.2, -0.15) is 5.10 Å². The molecule has 16 heavy (non-hydrogen) atoms. The number of carbonyl (C=O) groups is 1. The minimum atomic E-state index is 0.0699. The van der Waals surface area contributed by atoms with Crippen molar-refractivity contribution in [1.82, 2.24) is 9.78 Å². The Balaban J connectivity index is 2.20. The summed E-state index contributed by atoms with van der Waals surface area (Å²) in [5, 5.41) is 4.16. The Morgan fingerprint density at radius 1 is 1.50 bits per heavy atom. The van der Waals surface area contributed by atoms with Gasteiger partial charge >= 0.3 is 0 Å². The highest BCUT2D eigenvalue weighted by atomic mass is 32.1. The third-order valence-electron chi connectivity index (χ3n) is 2.31. The van der Waals surface area contributed by atoms with Gasteiger partial charge in [0.05, 0.1) is 16.6 Å². The molecule has 0 spiro atoms. The lowest BCUT2D eigenvalue weighted by atomic mass is 10.2. The topological polar surface area (TPSA) is 34.9 Å². The second-order valence-electron chi connectivity index (χ2n) is 3.73. The first-order valence-corrected chi connectivity index (χ1v) is 6.16. The van der Waals surface area contributed by atoms with Gasteiger partial charge in [-0.25, -0.2) is 0 Å². The molecular formula is C12H14N2OS. The number of carbonyl (C=O) groups excluding carboxylic acids is 1. The van der Waals surface area contributed by atoms with E-state index >= 15 is 0 Å². The molecule has 4 heteroatoms. The van der Waals surface area contributed by atoms with Crippen molar-refractivity contribution < 1.29 is 4.79 Å². The van der Waals surface area contributed by atoms with Crippen molar-refractivity contribution in [3.8, 4) is 0 Å². The van der Waals surface area contributed by atoms with Crippen LogP contribution in [0, 0.1) is 6.92 Å².